The molecule has 0 bridgehead atoms. The largest absolute Gasteiger partial charge is 0.337 e. The van der Waals surface area contributed by atoms with Crippen molar-refractivity contribution < 1.29 is 9.59 Å². The van der Waals surface area contributed by atoms with Gasteiger partial charge in [0.1, 0.15) is 0 Å². The molecule has 144 valence electrons. The lowest BCUT2D eigenvalue weighted by molar-refractivity contribution is -0.117. The number of anilines is 1. The summed E-state index contributed by atoms with van der Waals surface area (Å²) in [6.45, 7) is 0.410. The third-order valence-corrected chi connectivity index (χ3v) is 5.17. The second-order valence-corrected chi connectivity index (χ2v) is 7.48. The molecule has 0 saturated heterocycles. The number of rotatable bonds is 5. The molecule has 3 aromatic rings. The summed E-state index contributed by atoms with van der Waals surface area (Å²) in [4.78, 5) is 27.2. The van der Waals surface area contributed by atoms with Gasteiger partial charge in [0.25, 0.3) is 5.91 Å². The SMILES string of the molecule is CN(Cc1ccc(C#N)cc1)C(=O)c1cc2ccccc2cc1NC(=O)C1CC1. The van der Waals surface area contributed by atoms with Crippen LogP contribution in [0.3, 0.4) is 0 Å². The Morgan fingerprint density at radius 1 is 1.07 bits per heavy atom. The second kappa shape index (κ2) is 7.76. The number of amides is 2. The van der Waals surface area contributed by atoms with Crippen molar-refractivity contribution in [2.45, 2.75) is 19.4 Å². The number of carbonyl (C=O) groups is 2. The number of nitriles is 1. The molecule has 0 heterocycles. The Balaban J connectivity index is 1.63. The van der Waals surface area contributed by atoms with Gasteiger partial charge in [0.2, 0.25) is 5.91 Å². The van der Waals surface area contributed by atoms with Gasteiger partial charge in [-0.15, -0.1) is 0 Å². The van der Waals surface area contributed by atoms with Crippen LogP contribution < -0.4 is 5.32 Å². The van der Waals surface area contributed by atoms with E-state index in [1.165, 1.54) is 0 Å². The molecule has 3 aromatic carbocycles. The summed E-state index contributed by atoms with van der Waals surface area (Å²) in [5.41, 5.74) is 2.55. The minimum absolute atomic E-state index is 0.0240. The van der Waals surface area contributed by atoms with Crippen LogP contribution in [0.4, 0.5) is 5.69 Å². The molecule has 0 aliphatic heterocycles. The summed E-state index contributed by atoms with van der Waals surface area (Å²) in [5, 5.41) is 13.8. The molecule has 0 aromatic heterocycles. The second-order valence-electron chi connectivity index (χ2n) is 7.48. The molecule has 5 nitrogen and oxygen atoms in total. The van der Waals surface area contributed by atoms with Crippen molar-refractivity contribution in [2.24, 2.45) is 5.92 Å². The predicted molar refractivity (Wildman–Crippen MR) is 112 cm³/mol. The lowest BCUT2D eigenvalue weighted by atomic mass is 10.0. The van der Waals surface area contributed by atoms with E-state index in [1.807, 2.05) is 48.5 Å². The van der Waals surface area contributed by atoms with Crippen LogP contribution in [0.5, 0.6) is 0 Å². The minimum atomic E-state index is -0.161. The Morgan fingerprint density at radius 2 is 1.72 bits per heavy atom. The monoisotopic (exact) mass is 383 g/mol. The van der Waals surface area contributed by atoms with E-state index in [-0.39, 0.29) is 17.7 Å². The average Bonchev–Trinajstić information content (AvgIpc) is 3.59. The molecule has 1 fully saturated rings. The van der Waals surface area contributed by atoms with E-state index in [2.05, 4.69) is 11.4 Å². The van der Waals surface area contributed by atoms with Crippen molar-refractivity contribution in [3.05, 3.63) is 77.4 Å². The first kappa shape index (κ1) is 18.7. The molecular formula is C24H21N3O2. The number of nitrogens with zero attached hydrogens (tertiary/aromatic N) is 2. The molecule has 1 aliphatic carbocycles. The van der Waals surface area contributed by atoms with Crippen molar-refractivity contribution >= 4 is 28.3 Å². The quantitative estimate of drug-likeness (QED) is 0.713. The fourth-order valence-electron chi connectivity index (χ4n) is 3.34. The highest BCUT2D eigenvalue weighted by atomic mass is 16.2. The number of benzene rings is 3. The van der Waals surface area contributed by atoms with Gasteiger partial charge in [-0.1, -0.05) is 36.4 Å². The van der Waals surface area contributed by atoms with E-state index in [0.29, 0.717) is 23.4 Å². The Labute approximate surface area is 169 Å². The maximum atomic E-state index is 13.2. The molecule has 5 heteroatoms. The number of hydrogen-bond acceptors (Lipinski definition) is 3. The van der Waals surface area contributed by atoms with Crippen LogP contribution in [0.25, 0.3) is 10.8 Å². The first-order chi connectivity index (χ1) is 14.0. The molecule has 0 atom stereocenters. The molecule has 1 saturated carbocycles. The number of fused-ring (bicyclic) bond motifs is 1. The van der Waals surface area contributed by atoms with Crippen molar-refractivity contribution in [3.8, 4) is 6.07 Å². The van der Waals surface area contributed by atoms with Crippen molar-refractivity contribution in [1.82, 2.24) is 4.90 Å². The smallest absolute Gasteiger partial charge is 0.256 e. The van der Waals surface area contributed by atoms with Gasteiger partial charge >= 0.3 is 0 Å². The normalized spacial score (nSPS) is 13.0. The van der Waals surface area contributed by atoms with E-state index in [4.69, 9.17) is 5.26 Å². The van der Waals surface area contributed by atoms with Crippen LogP contribution in [-0.2, 0) is 11.3 Å². The Kier molecular flexibility index (Phi) is 5.01. The van der Waals surface area contributed by atoms with E-state index in [9.17, 15) is 9.59 Å². The molecule has 0 unspecified atom stereocenters. The van der Waals surface area contributed by atoms with Gasteiger partial charge < -0.3 is 10.2 Å². The maximum absolute atomic E-state index is 13.2. The lowest BCUT2D eigenvalue weighted by Gasteiger charge is -2.20. The fraction of sp³-hybridized carbons (Fsp3) is 0.208. The zero-order valence-electron chi connectivity index (χ0n) is 16.2. The van der Waals surface area contributed by atoms with Crippen molar-refractivity contribution in [2.75, 3.05) is 12.4 Å². The van der Waals surface area contributed by atoms with Gasteiger partial charge in [-0.3, -0.25) is 9.59 Å². The van der Waals surface area contributed by atoms with E-state index in [0.717, 1.165) is 29.2 Å². The minimum Gasteiger partial charge on any atom is -0.337 e. The predicted octanol–water partition coefficient (Wildman–Crippen LogP) is 4.33. The van der Waals surface area contributed by atoms with Crippen LogP contribution in [0.1, 0.15) is 34.3 Å². The number of hydrogen-bond donors (Lipinski definition) is 1. The van der Waals surface area contributed by atoms with Crippen LogP contribution in [0, 0.1) is 17.2 Å². The van der Waals surface area contributed by atoms with Gasteiger partial charge in [0.05, 0.1) is 22.9 Å². The fourth-order valence-corrected chi connectivity index (χ4v) is 3.34. The molecule has 2 amide bonds. The third-order valence-electron chi connectivity index (χ3n) is 5.17. The molecule has 29 heavy (non-hydrogen) atoms. The first-order valence-electron chi connectivity index (χ1n) is 9.63. The summed E-state index contributed by atoms with van der Waals surface area (Å²) >= 11 is 0. The topological polar surface area (TPSA) is 73.2 Å². The van der Waals surface area contributed by atoms with Crippen LogP contribution in [-0.4, -0.2) is 23.8 Å². The van der Waals surface area contributed by atoms with E-state index in [1.54, 1.807) is 24.1 Å². The Hall–Kier alpha value is -3.65. The van der Waals surface area contributed by atoms with Gasteiger partial charge in [0, 0.05) is 19.5 Å². The van der Waals surface area contributed by atoms with Crippen molar-refractivity contribution in [1.29, 1.82) is 5.26 Å². The van der Waals surface area contributed by atoms with E-state index >= 15 is 0 Å². The zero-order chi connectivity index (χ0) is 20.4. The van der Waals surface area contributed by atoms with Gasteiger partial charge in [0.15, 0.2) is 0 Å². The third kappa shape index (κ3) is 4.12. The van der Waals surface area contributed by atoms with Crippen LogP contribution in [0.15, 0.2) is 60.7 Å². The Morgan fingerprint density at radius 3 is 2.34 bits per heavy atom. The highest BCUT2D eigenvalue weighted by molar-refractivity contribution is 6.08. The van der Waals surface area contributed by atoms with E-state index < -0.39 is 0 Å². The standard InChI is InChI=1S/C24H21N3O2/c1-27(15-17-8-6-16(14-25)7-9-17)24(29)21-12-19-4-2-3-5-20(19)13-22(21)26-23(28)18-10-11-18/h2-9,12-13,18H,10-11,15H2,1H3,(H,26,28). The summed E-state index contributed by atoms with van der Waals surface area (Å²) in [5.74, 6) is -0.129. The number of nitrogens with one attached hydrogen (secondary N) is 1. The number of carbonyl (C=O) groups excluding carboxylic acids is 2. The average molecular weight is 383 g/mol. The van der Waals surface area contributed by atoms with Gasteiger partial charge in [-0.25, -0.2) is 0 Å². The van der Waals surface area contributed by atoms with Gasteiger partial charge in [-0.2, -0.15) is 5.26 Å². The van der Waals surface area contributed by atoms with Crippen molar-refractivity contribution in [3.63, 3.8) is 0 Å². The highest BCUT2D eigenvalue weighted by Crippen LogP contribution is 2.32. The maximum Gasteiger partial charge on any atom is 0.256 e. The first-order valence-corrected chi connectivity index (χ1v) is 9.63. The summed E-state index contributed by atoms with van der Waals surface area (Å²) in [7, 11) is 1.74. The summed E-state index contributed by atoms with van der Waals surface area (Å²) < 4.78 is 0. The molecule has 0 spiro atoms. The Bertz CT molecular complexity index is 1130. The molecule has 1 aliphatic rings. The van der Waals surface area contributed by atoms with Crippen LogP contribution in [0.2, 0.25) is 0 Å². The van der Waals surface area contributed by atoms with Gasteiger partial charge in [-0.05, 0) is 53.4 Å². The lowest BCUT2D eigenvalue weighted by Crippen LogP contribution is -2.27. The summed E-state index contributed by atoms with van der Waals surface area (Å²) in [6.07, 6.45) is 1.81. The summed E-state index contributed by atoms with van der Waals surface area (Å²) in [6, 6.07) is 20.8. The molecule has 0 radical (unpaired) electrons. The highest BCUT2D eigenvalue weighted by Gasteiger charge is 2.30. The molecular weight excluding hydrogens is 362 g/mol. The van der Waals surface area contributed by atoms with Crippen LogP contribution >= 0.6 is 0 Å². The zero-order valence-corrected chi connectivity index (χ0v) is 16.2. The molecule has 4 rings (SSSR count). The molecule has 1 N–H and O–H groups in total.